The molecule has 1 aliphatic carbocycles. The van der Waals surface area contributed by atoms with Crippen molar-refractivity contribution in [2.24, 2.45) is 0 Å². The quantitative estimate of drug-likeness (QED) is 0.509. The standard InChI is InChI=1S/C29H33N3O3S/c1-21-13-15-24(16-14-21)36(34,35)31-23-17-19-32(20-18-23)28-12-5-4-10-26(28)29(33)30-27-11-6-8-22-7-2-3-9-25(22)27/h2-5,7,9-10,12-16,23,27,31H,6,8,11,17-20H2,1H3,(H,30,33)/t27-/m1/s1. The number of nitrogens with zero attached hydrogens (tertiary/aromatic N) is 1. The van der Waals surface area contributed by atoms with Crippen LogP contribution in [0, 0.1) is 6.92 Å². The molecule has 0 unspecified atom stereocenters. The molecule has 6 nitrogen and oxygen atoms in total. The summed E-state index contributed by atoms with van der Waals surface area (Å²) in [6.45, 7) is 3.29. The summed E-state index contributed by atoms with van der Waals surface area (Å²) in [5, 5.41) is 3.28. The predicted octanol–water partition coefficient (Wildman–Crippen LogP) is 4.75. The smallest absolute Gasteiger partial charge is 0.253 e. The van der Waals surface area contributed by atoms with E-state index >= 15 is 0 Å². The van der Waals surface area contributed by atoms with Gasteiger partial charge in [-0.3, -0.25) is 4.79 Å². The number of aryl methyl sites for hydroxylation is 2. The van der Waals surface area contributed by atoms with E-state index in [0.29, 0.717) is 36.4 Å². The summed E-state index contributed by atoms with van der Waals surface area (Å²) in [7, 11) is -3.55. The molecule has 36 heavy (non-hydrogen) atoms. The number of para-hydroxylation sites is 1. The first-order valence-electron chi connectivity index (χ1n) is 12.7. The van der Waals surface area contributed by atoms with Gasteiger partial charge in [0.2, 0.25) is 10.0 Å². The highest BCUT2D eigenvalue weighted by Gasteiger charge is 2.28. The molecule has 2 aliphatic rings. The van der Waals surface area contributed by atoms with Gasteiger partial charge in [0.25, 0.3) is 5.91 Å². The molecule has 0 aromatic heterocycles. The Bertz CT molecular complexity index is 1330. The zero-order chi connectivity index (χ0) is 25.1. The van der Waals surface area contributed by atoms with Gasteiger partial charge in [-0.05, 0) is 74.4 Å². The number of hydrogen-bond donors (Lipinski definition) is 2. The molecule has 0 spiro atoms. The molecule has 2 N–H and O–H groups in total. The maximum atomic E-state index is 13.4. The molecular weight excluding hydrogens is 470 g/mol. The average Bonchev–Trinajstić information content (AvgIpc) is 2.89. The highest BCUT2D eigenvalue weighted by Crippen LogP contribution is 2.31. The molecule has 3 aromatic rings. The summed E-state index contributed by atoms with van der Waals surface area (Å²) in [5.41, 5.74) is 5.13. The molecule has 0 saturated carbocycles. The molecule has 188 valence electrons. The summed E-state index contributed by atoms with van der Waals surface area (Å²) in [6.07, 6.45) is 4.42. The van der Waals surface area contributed by atoms with Gasteiger partial charge in [-0.25, -0.2) is 13.1 Å². The third kappa shape index (κ3) is 5.32. The van der Waals surface area contributed by atoms with Crippen LogP contribution in [0.2, 0.25) is 0 Å². The van der Waals surface area contributed by atoms with Crippen LogP contribution >= 0.6 is 0 Å². The van der Waals surface area contributed by atoms with E-state index in [9.17, 15) is 13.2 Å². The van der Waals surface area contributed by atoms with Crippen LogP contribution in [0.3, 0.4) is 0 Å². The topological polar surface area (TPSA) is 78.5 Å². The second-order valence-electron chi connectivity index (χ2n) is 9.83. The van der Waals surface area contributed by atoms with Crippen LogP contribution in [-0.2, 0) is 16.4 Å². The minimum atomic E-state index is -3.55. The van der Waals surface area contributed by atoms with Crippen LogP contribution in [0.15, 0.2) is 77.7 Å². The lowest BCUT2D eigenvalue weighted by molar-refractivity contribution is 0.0933. The van der Waals surface area contributed by atoms with Crippen LogP contribution in [0.4, 0.5) is 5.69 Å². The van der Waals surface area contributed by atoms with Crippen molar-refractivity contribution in [2.45, 2.75) is 56.0 Å². The van der Waals surface area contributed by atoms with Gasteiger partial charge in [-0.1, -0.05) is 54.1 Å². The number of carbonyl (C=O) groups excluding carboxylic acids is 1. The molecule has 1 saturated heterocycles. The molecule has 5 rings (SSSR count). The lowest BCUT2D eigenvalue weighted by Crippen LogP contribution is -2.45. The van der Waals surface area contributed by atoms with Gasteiger partial charge < -0.3 is 10.2 Å². The first kappa shape index (κ1) is 24.5. The molecular formula is C29H33N3O3S. The Hall–Kier alpha value is -3.16. The van der Waals surface area contributed by atoms with Crippen LogP contribution in [0.5, 0.6) is 0 Å². The number of fused-ring (bicyclic) bond motifs is 1. The first-order valence-corrected chi connectivity index (χ1v) is 14.2. The van der Waals surface area contributed by atoms with Gasteiger partial charge in [0, 0.05) is 24.8 Å². The molecule has 3 aromatic carbocycles. The largest absolute Gasteiger partial charge is 0.371 e. The molecule has 0 radical (unpaired) electrons. The Morgan fingerprint density at radius 2 is 1.58 bits per heavy atom. The second-order valence-corrected chi connectivity index (χ2v) is 11.5. The fraction of sp³-hybridized carbons (Fsp3) is 0.345. The van der Waals surface area contributed by atoms with E-state index in [2.05, 4.69) is 33.1 Å². The predicted molar refractivity (Wildman–Crippen MR) is 143 cm³/mol. The Balaban J connectivity index is 1.25. The third-order valence-electron chi connectivity index (χ3n) is 7.31. The lowest BCUT2D eigenvalue weighted by Gasteiger charge is -2.35. The fourth-order valence-corrected chi connectivity index (χ4v) is 6.63. The maximum Gasteiger partial charge on any atom is 0.253 e. The number of anilines is 1. The number of amides is 1. The van der Waals surface area contributed by atoms with Gasteiger partial charge in [0.15, 0.2) is 0 Å². The maximum absolute atomic E-state index is 13.4. The van der Waals surface area contributed by atoms with E-state index in [1.165, 1.54) is 11.1 Å². The summed E-state index contributed by atoms with van der Waals surface area (Å²) in [5.74, 6) is -0.0606. The van der Waals surface area contributed by atoms with Gasteiger partial charge >= 0.3 is 0 Å². The second kappa shape index (κ2) is 10.4. The van der Waals surface area contributed by atoms with E-state index in [4.69, 9.17) is 0 Å². The van der Waals surface area contributed by atoms with Crippen LogP contribution in [0.1, 0.15) is 58.8 Å². The number of rotatable bonds is 6. The van der Waals surface area contributed by atoms with Crippen molar-refractivity contribution in [1.29, 1.82) is 0 Å². The third-order valence-corrected chi connectivity index (χ3v) is 8.85. The minimum absolute atomic E-state index is 0.0254. The molecule has 1 amide bonds. The zero-order valence-corrected chi connectivity index (χ0v) is 21.4. The summed E-state index contributed by atoms with van der Waals surface area (Å²) in [4.78, 5) is 15.9. The van der Waals surface area contributed by atoms with Crippen molar-refractivity contribution in [3.63, 3.8) is 0 Å². The van der Waals surface area contributed by atoms with Crippen LogP contribution in [0.25, 0.3) is 0 Å². The Morgan fingerprint density at radius 3 is 2.36 bits per heavy atom. The zero-order valence-electron chi connectivity index (χ0n) is 20.6. The summed E-state index contributed by atoms with van der Waals surface area (Å²) >= 11 is 0. The van der Waals surface area contributed by atoms with E-state index in [0.717, 1.165) is 30.5 Å². The summed E-state index contributed by atoms with van der Waals surface area (Å²) < 4.78 is 28.5. The molecule has 1 heterocycles. The normalized spacial score (nSPS) is 18.5. The van der Waals surface area contributed by atoms with Crippen molar-refractivity contribution >= 4 is 21.6 Å². The van der Waals surface area contributed by atoms with Crippen LogP contribution in [-0.4, -0.2) is 33.5 Å². The van der Waals surface area contributed by atoms with Gasteiger partial charge in [0.05, 0.1) is 16.5 Å². The van der Waals surface area contributed by atoms with Crippen LogP contribution < -0.4 is 14.9 Å². The number of piperidine rings is 1. The number of nitrogens with one attached hydrogen (secondary N) is 2. The highest BCUT2D eigenvalue weighted by molar-refractivity contribution is 7.89. The summed E-state index contributed by atoms with van der Waals surface area (Å²) in [6, 6.07) is 22.9. The molecule has 1 aliphatic heterocycles. The van der Waals surface area contributed by atoms with Crippen molar-refractivity contribution < 1.29 is 13.2 Å². The monoisotopic (exact) mass is 503 g/mol. The first-order chi connectivity index (χ1) is 17.4. The van der Waals surface area contributed by atoms with Gasteiger partial charge in [0.1, 0.15) is 0 Å². The van der Waals surface area contributed by atoms with Crippen molar-refractivity contribution in [1.82, 2.24) is 10.0 Å². The molecule has 1 atom stereocenters. The van der Waals surface area contributed by atoms with E-state index < -0.39 is 10.0 Å². The Morgan fingerprint density at radius 1 is 0.889 bits per heavy atom. The molecule has 7 heteroatoms. The molecule has 1 fully saturated rings. The van der Waals surface area contributed by atoms with Gasteiger partial charge in [-0.15, -0.1) is 0 Å². The average molecular weight is 504 g/mol. The minimum Gasteiger partial charge on any atom is -0.371 e. The van der Waals surface area contributed by atoms with Crippen molar-refractivity contribution in [3.05, 3.63) is 95.1 Å². The number of hydrogen-bond acceptors (Lipinski definition) is 4. The van der Waals surface area contributed by atoms with Crippen molar-refractivity contribution in [2.75, 3.05) is 18.0 Å². The molecule has 0 bridgehead atoms. The Labute approximate surface area is 213 Å². The van der Waals surface area contributed by atoms with E-state index in [1.54, 1.807) is 12.1 Å². The SMILES string of the molecule is Cc1ccc(S(=O)(=O)NC2CCN(c3ccccc3C(=O)N[C@@H]3CCCc4ccccc43)CC2)cc1. The fourth-order valence-electron chi connectivity index (χ4n) is 5.32. The number of benzene rings is 3. The van der Waals surface area contributed by atoms with E-state index in [1.807, 2.05) is 49.4 Å². The Kier molecular flexibility index (Phi) is 7.12. The number of sulfonamides is 1. The van der Waals surface area contributed by atoms with E-state index in [-0.39, 0.29) is 18.0 Å². The van der Waals surface area contributed by atoms with Crippen molar-refractivity contribution in [3.8, 4) is 0 Å². The highest BCUT2D eigenvalue weighted by atomic mass is 32.2. The van der Waals surface area contributed by atoms with Gasteiger partial charge in [-0.2, -0.15) is 0 Å². The number of carbonyl (C=O) groups is 1. The lowest BCUT2D eigenvalue weighted by atomic mass is 9.87.